The SMILES string of the molecule is CCc1ccc(C)c2c(C=O)csc12. The Bertz CT molecular complexity index is 482. The van der Waals surface area contributed by atoms with E-state index < -0.39 is 0 Å². The lowest BCUT2D eigenvalue weighted by molar-refractivity contribution is 0.112. The number of carbonyl (C=O) groups is 1. The molecule has 0 radical (unpaired) electrons. The van der Waals surface area contributed by atoms with Crippen LogP contribution in [0.2, 0.25) is 0 Å². The summed E-state index contributed by atoms with van der Waals surface area (Å²) in [7, 11) is 0. The van der Waals surface area contributed by atoms with Crippen molar-refractivity contribution in [3.05, 3.63) is 34.2 Å². The second-order valence-corrected chi connectivity index (χ2v) is 4.29. The van der Waals surface area contributed by atoms with Gasteiger partial charge in [-0.1, -0.05) is 19.1 Å². The molecule has 0 N–H and O–H groups in total. The number of rotatable bonds is 2. The molecule has 0 aliphatic heterocycles. The molecular formula is C12H12OS. The normalized spacial score (nSPS) is 10.7. The molecule has 0 aliphatic rings. The van der Waals surface area contributed by atoms with E-state index in [0.717, 1.165) is 23.7 Å². The van der Waals surface area contributed by atoms with Crippen LogP contribution in [-0.4, -0.2) is 6.29 Å². The van der Waals surface area contributed by atoms with Crippen LogP contribution in [0.15, 0.2) is 17.5 Å². The Kier molecular flexibility index (Phi) is 2.38. The molecule has 1 aromatic carbocycles. The fourth-order valence-corrected chi connectivity index (χ4v) is 2.94. The van der Waals surface area contributed by atoms with Crippen molar-refractivity contribution >= 4 is 27.7 Å². The van der Waals surface area contributed by atoms with E-state index in [1.165, 1.54) is 15.8 Å². The van der Waals surface area contributed by atoms with Crippen LogP contribution in [0.25, 0.3) is 10.1 Å². The highest BCUT2D eigenvalue weighted by atomic mass is 32.1. The predicted octanol–water partition coefficient (Wildman–Crippen LogP) is 3.58. The summed E-state index contributed by atoms with van der Waals surface area (Å²) in [5, 5.41) is 3.09. The number of aryl methyl sites for hydroxylation is 2. The zero-order valence-electron chi connectivity index (χ0n) is 8.33. The summed E-state index contributed by atoms with van der Waals surface area (Å²) in [6, 6.07) is 4.25. The quantitative estimate of drug-likeness (QED) is 0.683. The second kappa shape index (κ2) is 3.54. The average molecular weight is 204 g/mol. The number of aldehydes is 1. The lowest BCUT2D eigenvalue weighted by Gasteiger charge is -2.02. The molecule has 14 heavy (non-hydrogen) atoms. The van der Waals surface area contributed by atoms with E-state index in [-0.39, 0.29) is 0 Å². The maximum Gasteiger partial charge on any atom is 0.151 e. The van der Waals surface area contributed by atoms with Gasteiger partial charge in [0.25, 0.3) is 0 Å². The molecule has 0 saturated carbocycles. The third kappa shape index (κ3) is 1.26. The molecule has 0 bridgehead atoms. The van der Waals surface area contributed by atoms with E-state index in [4.69, 9.17) is 0 Å². The van der Waals surface area contributed by atoms with Crippen LogP contribution in [0.3, 0.4) is 0 Å². The summed E-state index contributed by atoms with van der Waals surface area (Å²) in [6.07, 6.45) is 1.97. The van der Waals surface area contributed by atoms with Crippen LogP contribution in [0.4, 0.5) is 0 Å². The molecule has 2 heteroatoms. The van der Waals surface area contributed by atoms with E-state index in [9.17, 15) is 4.79 Å². The molecule has 0 fully saturated rings. The van der Waals surface area contributed by atoms with Gasteiger partial charge in [0.2, 0.25) is 0 Å². The molecule has 1 nitrogen and oxygen atoms in total. The van der Waals surface area contributed by atoms with E-state index in [1.54, 1.807) is 11.3 Å². The minimum atomic E-state index is 0.831. The van der Waals surface area contributed by atoms with Crippen LogP contribution < -0.4 is 0 Å². The van der Waals surface area contributed by atoms with Crippen LogP contribution in [0, 0.1) is 6.92 Å². The van der Waals surface area contributed by atoms with Crippen molar-refractivity contribution < 1.29 is 4.79 Å². The van der Waals surface area contributed by atoms with Crippen molar-refractivity contribution in [2.24, 2.45) is 0 Å². The number of fused-ring (bicyclic) bond motifs is 1. The first-order valence-corrected chi connectivity index (χ1v) is 5.60. The van der Waals surface area contributed by atoms with Crippen LogP contribution in [0.1, 0.15) is 28.4 Å². The summed E-state index contributed by atoms with van der Waals surface area (Å²) in [5.74, 6) is 0. The lowest BCUT2D eigenvalue weighted by atomic mass is 10.0. The van der Waals surface area contributed by atoms with E-state index >= 15 is 0 Å². The first-order valence-electron chi connectivity index (χ1n) is 4.72. The smallest absolute Gasteiger partial charge is 0.151 e. The number of hydrogen-bond donors (Lipinski definition) is 0. The molecule has 0 amide bonds. The topological polar surface area (TPSA) is 17.1 Å². The third-order valence-electron chi connectivity index (χ3n) is 2.55. The van der Waals surface area contributed by atoms with Gasteiger partial charge >= 0.3 is 0 Å². The van der Waals surface area contributed by atoms with Crippen molar-refractivity contribution in [1.82, 2.24) is 0 Å². The third-order valence-corrected chi connectivity index (χ3v) is 3.62. The first-order chi connectivity index (χ1) is 6.77. The van der Waals surface area contributed by atoms with Crippen LogP contribution in [-0.2, 0) is 6.42 Å². The van der Waals surface area contributed by atoms with Gasteiger partial charge in [-0.3, -0.25) is 4.79 Å². The molecule has 72 valence electrons. The molecule has 0 unspecified atom stereocenters. The highest BCUT2D eigenvalue weighted by molar-refractivity contribution is 7.17. The van der Waals surface area contributed by atoms with Gasteiger partial charge in [-0.05, 0) is 24.5 Å². The molecule has 1 aromatic heterocycles. The highest BCUT2D eigenvalue weighted by Crippen LogP contribution is 2.31. The molecule has 1 heterocycles. The minimum Gasteiger partial charge on any atom is -0.298 e. The molecule has 2 aromatic rings. The summed E-state index contributed by atoms with van der Waals surface area (Å²) in [4.78, 5) is 10.8. The number of thiophene rings is 1. The average Bonchev–Trinajstić information content (AvgIpc) is 2.63. The Morgan fingerprint density at radius 2 is 2.21 bits per heavy atom. The molecule has 0 aliphatic carbocycles. The van der Waals surface area contributed by atoms with Crippen LogP contribution >= 0.6 is 11.3 Å². The number of benzene rings is 1. The first kappa shape index (κ1) is 9.41. The minimum absolute atomic E-state index is 0.831. The largest absolute Gasteiger partial charge is 0.298 e. The van der Waals surface area contributed by atoms with Gasteiger partial charge in [0, 0.05) is 21.0 Å². The van der Waals surface area contributed by atoms with Crippen molar-refractivity contribution in [2.75, 3.05) is 0 Å². The molecule has 2 rings (SSSR count). The Labute approximate surface area is 87.4 Å². The Morgan fingerprint density at radius 3 is 2.86 bits per heavy atom. The summed E-state index contributed by atoms with van der Waals surface area (Å²) < 4.78 is 1.27. The van der Waals surface area contributed by atoms with Crippen molar-refractivity contribution in [3.63, 3.8) is 0 Å². The fourth-order valence-electron chi connectivity index (χ4n) is 1.76. The maximum atomic E-state index is 10.8. The van der Waals surface area contributed by atoms with Gasteiger partial charge < -0.3 is 0 Å². The number of carbonyl (C=O) groups excluding carboxylic acids is 1. The van der Waals surface area contributed by atoms with Gasteiger partial charge in [-0.2, -0.15) is 0 Å². The Balaban J connectivity index is 2.86. The Hall–Kier alpha value is -1.15. The van der Waals surface area contributed by atoms with Crippen molar-refractivity contribution in [3.8, 4) is 0 Å². The standard InChI is InChI=1S/C12H12OS/c1-3-9-5-4-8(2)11-10(6-13)7-14-12(9)11/h4-7H,3H2,1-2H3. The van der Waals surface area contributed by atoms with Gasteiger partial charge in [0.1, 0.15) is 0 Å². The summed E-state index contributed by atoms with van der Waals surface area (Å²) >= 11 is 1.67. The van der Waals surface area contributed by atoms with Crippen LogP contribution in [0.5, 0.6) is 0 Å². The maximum absolute atomic E-state index is 10.8. The summed E-state index contributed by atoms with van der Waals surface area (Å²) in [6.45, 7) is 4.20. The second-order valence-electron chi connectivity index (χ2n) is 3.41. The van der Waals surface area contributed by atoms with Gasteiger partial charge in [0.15, 0.2) is 6.29 Å². The monoisotopic (exact) mass is 204 g/mol. The van der Waals surface area contributed by atoms with E-state index in [0.29, 0.717) is 0 Å². The van der Waals surface area contributed by atoms with Gasteiger partial charge in [-0.15, -0.1) is 11.3 Å². The van der Waals surface area contributed by atoms with Crippen molar-refractivity contribution in [1.29, 1.82) is 0 Å². The fraction of sp³-hybridized carbons (Fsp3) is 0.250. The lowest BCUT2D eigenvalue weighted by Crippen LogP contribution is -1.85. The number of hydrogen-bond acceptors (Lipinski definition) is 2. The van der Waals surface area contributed by atoms with E-state index in [2.05, 4.69) is 26.0 Å². The zero-order valence-corrected chi connectivity index (χ0v) is 9.15. The highest BCUT2D eigenvalue weighted by Gasteiger charge is 2.08. The van der Waals surface area contributed by atoms with E-state index in [1.807, 2.05) is 5.38 Å². The molecule has 0 saturated heterocycles. The van der Waals surface area contributed by atoms with Gasteiger partial charge in [-0.25, -0.2) is 0 Å². The Morgan fingerprint density at radius 1 is 1.43 bits per heavy atom. The molecule has 0 atom stereocenters. The predicted molar refractivity (Wildman–Crippen MR) is 61.3 cm³/mol. The summed E-state index contributed by atoms with van der Waals surface area (Å²) in [5.41, 5.74) is 3.36. The molecule has 0 spiro atoms. The van der Waals surface area contributed by atoms with Gasteiger partial charge in [0.05, 0.1) is 0 Å². The zero-order chi connectivity index (χ0) is 10.1. The van der Waals surface area contributed by atoms with Crippen molar-refractivity contribution in [2.45, 2.75) is 20.3 Å². The molecular weight excluding hydrogens is 192 g/mol.